The summed E-state index contributed by atoms with van der Waals surface area (Å²) >= 11 is 0. The molecule has 2 aromatic heterocycles. The minimum absolute atomic E-state index is 0.0695. The number of hydrogen-bond acceptors (Lipinski definition) is 5. The molecule has 1 aliphatic heterocycles. The summed E-state index contributed by atoms with van der Waals surface area (Å²) in [6.45, 7) is 4.08. The molecule has 7 heteroatoms. The van der Waals surface area contributed by atoms with Crippen LogP contribution in [0, 0.1) is 0 Å². The number of nitrogens with one attached hydrogen (secondary N) is 1. The van der Waals surface area contributed by atoms with Crippen LogP contribution in [0.1, 0.15) is 26.1 Å². The SMILES string of the molecule is CCc1nnc2ccc(N[C@H]3C[C@@H](C)N(c4ccccc4)C3=O)nn12. The maximum Gasteiger partial charge on any atom is 0.249 e. The molecule has 1 aromatic carbocycles. The average molecular weight is 336 g/mol. The summed E-state index contributed by atoms with van der Waals surface area (Å²) in [4.78, 5) is 14.7. The molecule has 3 aromatic rings. The summed E-state index contributed by atoms with van der Waals surface area (Å²) in [7, 11) is 0. The zero-order chi connectivity index (χ0) is 17.4. The minimum Gasteiger partial charge on any atom is -0.357 e. The Morgan fingerprint density at radius 1 is 1.16 bits per heavy atom. The van der Waals surface area contributed by atoms with Crippen LogP contribution in [0.15, 0.2) is 42.5 Å². The van der Waals surface area contributed by atoms with Crippen LogP contribution in [-0.4, -0.2) is 37.8 Å². The molecule has 0 unspecified atom stereocenters. The van der Waals surface area contributed by atoms with Crippen molar-refractivity contribution in [3.63, 3.8) is 0 Å². The zero-order valence-corrected chi connectivity index (χ0v) is 14.3. The van der Waals surface area contributed by atoms with Gasteiger partial charge in [0.15, 0.2) is 11.5 Å². The quantitative estimate of drug-likeness (QED) is 0.791. The van der Waals surface area contributed by atoms with Crippen molar-refractivity contribution >= 4 is 23.1 Å². The summed E-state index contributed by atoms with van der Waals surface area (Å²) in [5.41, 5.74) is 1.64. The molecule has 0 aliphatic carbocycles. The maximum atomic E-state index is 12.9. The van der Waals surface area contributed by atoms with Gasteiger partial charge in [0.05, 0.1) is 0 Å². The number of para-hydroxylation sites is 1. The van der Waals surface area contributed by atoms with Crippen LogP contribution in [0.3, 0.4) is 0 Å². The Bertz CT molecular complexity index is 906. The lowest BCUT2D eigenvalue weighted by atomic mass is 10.2. The minimum atomic E-state index is -0.290. The second kappa shape index (κ2) is 6.16. The molecule has 1 saturated heterocycles. The monoisotopic (exact) mass is 336 g/mol. The van der Waals surface area contributed by atoms with Gasteiger partial charge in [0.25, 0.3) is 0 Å². The van der Waals surface area contributed by atoms with E-state index in [0.717, 1.165) is 24.4 Å². The summed E-state index contributed by atoms with van der Waals surface area (Å²) in [5, 5.41) is 16.0. The highest BCUT2D eigenvalue weighted by Gasteiger charge is 2.38. The van der Waals surface area contributed by atoms with Gasteiger partial charge in [0, 0.05) is 18.2 Å². The Morgan fingerprint density at radius 3 is 2.72 bits per heavy atom. The Balaban J connectivity index is 1.58. The van der Waals surface area contributed by atoms with Crippen LogP contribution in [0.25, 0.3) is 5.65 Å². The van der Waals surface area contributed by atoms with Crippen LogP contribution in [-0.2, 0) is 11.2 Å². The fraction of sp³-hybridized carbons (Fsp3) is 0.333. The Labute approximate surface area is 145 Å². The van der Waals surface area contributed by atoms with Crippen molar-refractivity contribution in [2.75, 3.05) is 10.2 Å². The smallest absolute Gasteiger partial charge is 0.249 e. The van der Waals surface area contributed by atoms with Crippen molar-refractivity contribution in [3.8, 4) is 0 Å². The number of hydrogen-bond donors (Lipinski definition) is 1. The molecule has 4 rings (SSSR count). The number of amides is 1. The molecule has 25 heavy (non-hydrogen) atoms. The van der Waals surface area contributed by atoms with Crippen molar-refractivity contribution in [2.45, 2.75) is 38.8 Å². The number of benzene rings is 1. The number of aromatic nitrogens is 4. The molecule has 1 N–H and O–H groups in total. The largest absolute Gasteiger partial charge is 0.357 e. The normalized spacial score (nSPS) is 20.4. The summed E-state index contributed by atoms with van der Waals surface area (Å²) < 4.78 is 1.72. The lowest BCUT2D eigenvalue weighted by Gasteiger charge is -2.21. The van der Waals surface area contributed by atoms with Gasteiger partial charge in [-0.3, -0.25) is 4.79 Å². The standard InChI is InChI=1S/C18H20N6O/c1-3-16-20-21-17-10-9-15(22-24(16)17)19-14-11-12(2)23(18(14)25)13-7-5-4-6-8-13/h4-10,12,14H,3,11H2,1-2H3,(H,19,22)/t12-,14+/m1/s1. The number of carbonyl (C=O) groups is 1. The number of fused-ring (bicyclic) bond motifs is 1. The van der Waals surface area contributed by atoms with E-state index in [2.05, 4.69) is 27.5 Å². The van der Waals surface area contributed by atoms with E-state index in [4.69, 9.17) is 0 Å². The first-order valence-electron chi connectivity index (χ1n) is 8.53. The van der Waals surface area contributed by atoms with E-state index in [-0.39, 0.29) is 18.0 Å². The number of carbonyl (C=O) groups excluding carboxylic acids is 1. The van der Waals surface area contributed by atoms with Crippen LogP contribution in [0.2, 0.25) is 0 Å². The van der Waals surface area contributed by atoms with Crippen LogP contribution in [0.4, 0.5) is 11.5 Å². The zero-order valence-electron chi connectivity index (χ0n) is 14.3. The van der Waals surface area contributed by atoms with E-state index in [9.17, 15) is 4.79 Å². The van der Waals surface area contributed by atoms with E-state index in [0.29, 0.717) is 11.5 Å². The number of nitrogens with zero attached hydrogens (tertiary/aromatic N) is 5. The van der Waals surface area contributed by atoms with Crippen molar-refractivity contribution < 1.29 is 4.79 Å². The van der Waals surface area contributed by atoms with Crippen molar-refractivity contribution in [2.24, 2.45) is 0 Å². The fourth-order valence-electron chi connectivity index (χ4n) is 3.33. The summed E-state index contributed by atoms with van der Waals surface area (Å²) in [6, 6.07) is 13.3. The molecule has 3 heterocycles. The summed E-state index contributed by atoms with van der Waals surface area (Å²) in [5.74, 6) is 1.53. The Kier molecular flexibility index (Phi) is 3.83. The van der Waals surface area contributed by atoms with Gasteiger partial charge in [0.2, 0.25) is 5.91 Å². The molecule has 1 fully saturated rings. The highest BCUT2D eigenvalue weighted by Crippen LogP contribution is 2.28. The van der Waals surface area contributed by atoms with E-state index >= 15 is 0 Å². The first-order chi connectivity index (χ1) is 12.2. The van der Waals surface area contributed by atoms with Crippen molar-refractivity contribution in [1.82, 2.24) is 19.8 Å². The lowest BCUT2D eigenvalue weighted by Crippen LogP contribution is -2.35. The second-order valence-electron chi connectivity index (χ2n) is 6.28. The van der Waals surface area contributed by atoms with Gasteiger partial charge in [-0.25, -0.2) is 0 Å². The van der Waals surface area contributed by atoms with Gasteiger partial charge in [-0.05, 0) is 37.6 Å². The molecule has 1 aliphatic rings. The molecular formula is C18H20N6O. The van der Waals surface area contributed by atoms with Gasteiger partial charge >= 0.3 is 0 Å². The van der Waals surface area contributed by atoms with Gasteiger partial charge in [-0.1, -0.05) is 25.1 Å². The van der Waals surface area contributed by atoms with Gasteiger partial charge in [-0.2, -0.15) is 4.52 Å². The van der Waals surface area contributed by atoms with Gasteiger partial charge < -0.3 is 10.2 Å². The molecule has 0 radical (unpaired) electrons. The third-order valence-corrected chi connectivity index (χ3v) is 4.55. The van der Waals surface area contributed by atoms with Gasteiger partial charge in [0.1, 0.15) is 11.9 Å². The number of anilines is 2. The average Bonchev–Trinajstić information content (AvgIpc) is 3.16. The first-order valence-corrected chi connectivity index (χ1v) is 8.53. The van der Waals surface area contributed by atoms with Crippen molar-refractivity contribution in [1.29, 1.82) is 0 Å². The van der Waals surface area contributed by atoms with Crippen LogP contribution >= 0.6 is 0 Å². The predicted molar refractivity (Wildman–Crippen MR) is 95.6 cm³/mol. The lowest BCUT2D eigenvalue weighted by molar-refractivity contribution is -0.117. The summed E-state index contributed by atoms with van der Waals surface area (Å²) in [6.07, 6.45) is 1.48. The predicted octanol–water partition coefficient (Wildman–Crippen LogP) is 2.29. The third-order valence-electron chi connectivity index (χ3n) is 4.55. The van der Waals surface area contributed by atoms with Crippen molar-refractivity contribution in [3.05, 3.63) is 48.3 Å². The van der Waals surface area contributed by atoms with E-state index in [1.54, 1.807) is 4.52 Å². The second-order valence-corrected chi connectivity index (χ2v) is 6.28. The maximum absolute atomic E-state index is 12.9. The third kappa shape index (κ3) is 2.71. The molecule has 0 spiro atoms. The molecule has 1 amide bonds. The molecule has 128 valence electrons. The first kappa shape index (κ1) is 15.6. The topological polar surface area (TPSA) is 75.4 Å². The van der Waals surface area contributed by atoms with Crippen LogP contribution < -0.4 is 10.2 Å². The van der Waals surface area contributed by atoms with E-state index in [1.807, 2.05) is 54.3 Å². The molecular weight excluding hydrogens is 316 g/mol. The van der Waals surface area contributed by atoms with Gasteiger partial charge in [-0.15, -0.1) is 15.3 Å². The van der Waals surface area contributed by atoms with Crippen LogP contribution in [0.5, 0.6) is 0 Å². The molecule has 2 atom stereocenters. The number of aryl methyl sites for hydroxylation is 1. The Hall–Kier alpha value is -2.96. The molecule has 0 saturated carbocycles. The van der Waals surface area contributed by atoms with E-state index < -0.39 is 0 Å². The van der Waals surface area contributed by atoms with E-state index in [1.165, 1.54) is 0 Å². The fourth-order valence-corrected chi connectivity index (χ4v) is 3.33. The number of rotatable bonds is 4. The Morgan fingerprint density at radius 2 is 1.96 bits per heavy atom. The highest BCUT2D eigenvalue weighted by atomic mass is 16.2. The highest BCUT2D eigenvalue weighted by molar-refractivity contribution is 6.01. The molecule has 0 bridgehead atoms. The molecule has 7 nitrogen and oxygen atoms in total.